The fourth-order valence-corrected chi connectivity index (χ4v) is 5.83. The van der Waals surface area contributed by atoms with E-state index in [9.17, 15) is 0 Å². The molecule has 5 rings (SSSR count). The van der Waals surface area contributed by atoms with Crippen molar-refractivity contribution < 1.29 is 9.47 Å². The third-order valence-electron chi connectivity index (χ3n) is 6.72. The Labute approximate surface area is 238 Å². The number of thiocarbonyl (C=S) groups is 1. The molecule has 0 saturated carbocycles. The molecule has 2 aromatic carbocycles. The number of anilines is 1. The molecular weight excluding hydrogens is 539 g/mol. The number of hydrogen-bond acceptors (Lipinski definition) is 4. The van der Waals surface area contributed by atoms with Crippen LogP contribution < -0.4 is 15.0 Å². The molecule has 2 atom stereocenters. The minimum atomic E-state index is -0.184. The van der Waals surface area contributed by atoms with Crippen LogP contribution in [0.4, 0.5) is 5.69 Å². The third kappa shape index (κ3) is 4.99. The SMILES string of the molecule is COCCOc1ccc(N2C(=S)N[C@H](c3ccccn3)[C@H]2c2cc(C)n(-c3ccccc3Cl)c2C)cc1Cl. The molecular formula is C29H28Cl2N4O2S. The average Bonchev–Trinajstić information content (AvgIpc) is 3.41. The summed E-state index contributed by atoms with van der Waals surface area (Å²) in [7, 11) is 1.64. The van der Waals surface area contributed by atoms with E-state index in [0.717, 1.165) is 34.0 Å². The topological polar surface area (TPSA) is 51.6 Å². The number of methoxy groups -OCH3 is 1. The Hall–Kier alpha value is -3.10. The van der Waals surface area contributed by atoms with E-state index in [1.165, 1.54) is 0 Å². The fraction of sp³-hybridized carbons (Fsp3) is 0.241. The standard InChI is InChI=1S/C29H28Cl2N4O2S/c1-18-16-21(19(2)34(18)25-10-5-4-8-22(25)30)28-27(24-9-6-7-13-32-24)33-29(38)35(28)20-11-12-26(23(31)17-20)37-15-14-36-3/h4-13,16-17,27-28H,14-15H2,1-3H3,(H,33,38)/t27-,28-/m1/s1. The highest BCUT2D eigenvalue weighted by atomic mass is 35.5. The van der Waals surface area contributed by atoms with Crippen molar-refractivity contribution in [2.24, 2.45) is 0 Å². The summed E-state index contributed by atoms with van der Waals surface area (Å²) in [5.74, 6) is 0.597. The number of benzene rings is 2. The minimum absolute atomic E-state index is 0.180. The predicted molar refractivity (Wildman–Crippen MR) is 157 cm³/mol. The van der Waals surface area contributed by atoms with E-state index in [1.807, 2.05) is 60.7 Å². The Kier molecular flexibility index (Phi) is 7.91. The van der Waals surface area contributed by atoms with Crippen LogP contribution in [0.3, 0.4) is 0 Å². The number of hydrogen-bond donors (Lipinski definition) is 1. The molecule has 1 saturated heterocycles. The van der Waals surface area contributed by atoms with Crippen molar-refractivity contribution >= 4 is 46.2 Å². The van der Waals surface area contributed by atoms with Gasteiger partial charge in [0.15, 0.2) is 5.11 Å². The van der Waals surface area contributed by atoms with Crippen LogP contribution >= 0.6 is 35.4 Å². The lowest BCUT2D eigenvalue weighted by atomic mass is 9.96. The maximum Gasteiger partial charge on any atom is 0.174 e. The Morgan fingerprint density at radius 2 is 1.76 bits per heavy atom. The Morgan fingerprint density at radius 1 is 0.974 bits per heavy atom. The van der Waals surface area contributed by atoms with Crippen molar-refractivity contribution in [1.29, 1.82) is 0 Å². The van der Waals surface area contributed by atoms with Crippen molar-refractivity contribution in [3.8, 4) is 11.4 Å². The quantitative estimate of drug-likeness (QED) is 0.183. The summed E-state index contributed by atoms with van der Waals surface area (Å²) in [4.78, 5) is 6.78. The number of pyridine rings is 1. The first-order valence-corrected chi connectivity index (χ1v) is 13.4. The molecule has 9 heteroatoms. The van der Waals surface area contributed by atoms with Gasteiger partial charge in [0, 0.05) is 30.4 Å². The van der Waals surface area contributed by atoms with Crippen LogP contribution in [-0.2, 0) is 4.74 Å². The Morgan fingerprint density at radius 3 is 2.47 bits per heavy atom. The number of nitrogens with zero attached hydrogens (tertiary/aromatic N) is 3. The zero-order chi connectivity index (χ0) is 26.8. The second kappa shape index (κ2) is 11.3. The number of nitrogens with one attached hydrogen (secondary N) is 1. The van der Waals surface area contributed by atoms with Crippen LogP contribution in [0, 0.1) is 13.8 Å². The summed E-state index contributed by atoms with van der Waals surface area (Å²) in [6.45, 7) is 5.09. The van der Waals surface area contributed by atoms with Gasteiger partial charge >= 0.3 is 0 Å². The molecule has 1 aliphatic heterocycles. The lowest BCUT2D eigenvalue weighted by molar-refractivity contribution is 0.146. The highest BCUT2D eigenvalue weighted by Gasteiger charge is 2.42. The number of halogens is 2. The van der Waals surface area contributed by atoms with E-state index < -0.39 is 0 Å². The molecule has 4 aromatic rings. The maximum atomic E-state index is 6.65. The average molecular weight is 568 g/mol. The van der Waals surface area contributed by atoms with Gasteiger partial charge < -0.3 is 24.3 Å². The Bertz CT molecular complexity index is 1460. The largest absolute Gasteiger partial charge is 0.490 e. The van der Waals surface area contributed by atoms with E-state index in [2.05, 4.69) is 39.7 Å². The van der Waals surface area contributed by atoms with Gasteiger partial charge in [0.1, 0.15) is 12.4 Å². The lowest BCUT2D eigenvalue weighted by Gasteiger charge is -2.28. The van der Waals surface area contributed by atoms with E-state index in [0.29, 0.717) is 34.1 Å². The van der Waals surface area contributed by atoms with Gasteiger partial charge in [-0.15, -0.1) is 0 Å². The van der Waals surface area contributed by atoms with E-state index >= 15 is 0 Å². The number of para-hydroxylation sites is 1. The van der Waals surface area contributed by atoms with Gasteiger partial charge in [-0.2, -0.15) is 0 Å². The summed E-state index contributed by atoms with van der Waals surface area (Å²) in [6, 6.07) is 21.3. The van der Waals surface area contributed by atoms with Crippen molar-refractivity contribution in [3.05, 3.63) is 106 Å². The van der Waals surface area contributed by atoms with E-state index in [-0.39, 0.29) is 12.1 Å². The van der Waals surface area contributed by atoms with Crippen LogP contribution in [0.25, 0.3) is 5.69 Å². The van der Waals surface area contributed by atoms with Crippen molar-refractivity contribution in [3.63, 3.8) is 0 Å². The molecule has 0 bridgehead atoms. The van der Waals surface area contributed by atoms with Crippen LogP contribution in [0.2, 0.25) is 10.0 Å². The van der Waals surface area contributed by atoms with Crippen LogP contribution in [-0.4, -0.2) is 35.0 Å². The summed E-state index contributed by atoms with van der Waals surface area (Å²) < 4.78 is 13.0. The Balaban J connectivity index is 1.61. The van der Waals surface area contributed by atoms with Gasteiger partial charge in [-0.1, -0.05) is 41.4 Å². The summed E-state index contributed by atoms with van der Waals surface area (Å²) >= 11 is 19.2. The van der Waals surface area contributed by atoms with E-state index in [1.54, 1.807) is 13.3 Å². The van der Waals surface area contributed by atoms with Gasteiger partial charge in [0.2, 0.25) is 0 Å². The molecule has 1 N–H and O–H groups in total. The number of rotatable bonds is 8. The number of aromatic nitrogens is 2. The van der Waals surface area contributed by atoms with Gasteiger partial charge in [0.05, 0.1) is 40.1 Å². The monoisotopic (exact) mass is 566 g/mol. The third-order valence-corrected chi connectivity index (χ3v) is 7.65. The van der Waals surface area contributed by atoms with Crippen molar-refractivity contribution in [2.75, 3.05) is 25.2 Å². The molecule has 6 nitrogen and oxygen atoms in total. The molecule has 3 heterocycles. The molecule has 196 valence electrons. The minimum Gasteiger partial charge on any atom is -0.490 e. The smallest absolute Gasteiger partial charge is 0.174 e. The molecule has 0 radical (unpaired) electrons. The molecule has 1 aliphatic rings. The highest BCUT2D eigenvalue weighted by molar-refractivity contribution is 7.80. The highest BCUT2D eigenvalue weighted by Crippen LogP contribution is 2.45. The zero-order valence-corrected chi connectivity index (χ0v) is 23.6. The predicted octanol–water partition coefficient (Wildman–Crippen LogP) is 7.00. The maximum absolute atomic E-state index is 6.65. The zero-order valence-electron chi connectivity index (χ0n) is 21.3. The van der Waals surface area contributed by atoms with Gasteiger partial charge in [-0.05, 0) is 80.2 Å². The molecule has 0 spiro atoms. The molecule has 0 aliphatic carbocycles. The molecule has 38 heavy (non-hydrogen) atoms. The first kappa shape index (κ1) is 26.5. The second-order valence-electron chi connectivity index (χ2n) is 9.07. The van der Waals surface area contributed by atoms with Gasteiger partial charge in [-0.3, -0.25) is 4.98 Å². The van der Waals surface area contributed by atoms with Crippen molar-refractivity contribution in [2.45, 2.75) is 25.9 Å². The first-order valence-electron chi connectivity index (χ1n) is 12.3. The van der Waals surface area contributed by atoms with Crippen LogP contribution in [0.5, 0.6) is 5.75 Å². The van der Waals surface area contributed by atoms with Crippen LogP contribution in [0.15, 0.2) is 72.9 Å². The van der Waals surface area contributed by atoms with Crippen molar-refractivity contribution in [1.82, 2.24) is 14.9 Å². The van der Waals surface area contributed by atoms with Gasteiger partial charge in [-0.25, -0.2) is 0 Å². The molecule has 0 amide bonds. The van der Waals surface area contributed by atoms with E-state index in [4.69, 9.17) is 44.9 Å². The summed E-state index contributed by atoms with van der Waals surface area (Å²) in [5.41, 5.74) is 5.95. The normalized spacial score (nSPS) is 17.1. The summed E-state index contributed by atoms with van der Waals surface area (Å²) in [5, 5.41) is 5.31. The van der Waals surface area contributed by atoms with Crippen LogP contribution in [0.1, 0.15) is 34.7 Å². The second-order valence-corrected chi connectivity index (χ2v) is 10.3. The fourth-order valence-electron chi connectivity index (χ4n) is 5.03. The lowest BCUT2D eigenvalue weighted by Crippen LogP contribution is -2.29. The number of ether oxygens (including phenoxy) is 2. The number of aryl methyl sites for hydroxylation is 1. The first-order chi connectivity index (χ1) is 18.4. The molecule has 0 unspecified atom stereocenters. The molecule has 1 fully saturated rings. The molecule has 2 aromatic heterocycles. The summed E-state index contributed by atoms with van der Waals surface area (Å²) in [6.07, 6.45) is 1.80. The van der Waals surface area contributed by atoms with Gasteiger partial charge in [0.25, 0.3) is 0 Å².